The monoisotopic (exact) mass is 627 g/mol. The lowest BCUT2D eigenvalue weighted by Gasteiger charge is -2.47. The van der Waals surface area contributed by atoms with Crippen molar-refractivity contribution in [1.29, 1.82) is 0 Å². The van der Waals surface area contributed by atoms with Gasteiger partial charge in [0, 0.05) is 46.3 Å². The van der Waals surface area contributed by atoms with Crippen LogP contribution in [0.4, 0.5) is 0 Å². The van der Waals surface area contributed by atoms with Crippen molar-refractivity contribution in [3.63, 3.8) is 0 Å². The molecule has 0 unspecified atom stereocenters. The minimum absolute atomic E-state index is 0.0189. The van der Waals surface area contributed by atoms with Crippen molar-refractivity contribution < 1.29 is 29.1 Å². The van der Waals surface area contributed by atoms with Gasteiger partial charge in [-0.25, -0.2) is 0 Å². The normalized spacial score (nSPS) is 23.9. The maximum atomic E-state index is 13.9. The second-order valence-electron chi connectivity index (χ2n) is 11.2. The number of phenols is 1. The lowest BCUT2D eigenvalue weighted by atomic mass is 9.54. The van der Waals surface area contributed by atoms with E-state index in [1.54, 1.807) is 49.7 Å². The summed E-state index contributed by atoms with van der Waals surface area (Å²) in [6.45, 7) is 0.322. The van der Waals surface area contributed by atoms with Crippen LogP contribution in [0.2, 0.25) is 6.32 Å². The van der Waals surface area contributed by atoms with Crippen molar-refractivity contribution in [2.75, 3.05) is 13.7 Å². The number of allylic oxidation sites excluding steroid dienone is 1. The van der Waals surface area contributed by atoms with Gasteiger partial charge in [-0.1, -0.05) is 46.3 Å². The van der Waals surface area contributed by atoms with Gasteiger partial charge in [-0.3, -0.25) is 14.6 Å². The summed E-state index contributed by atoms with van der Waals surface area (Å²) in [4.78, 5) is 32.1. The molecule has 7 nitrogen and oxygen atoms in total. The highest BCUT2D eigenvalue weighted by molar-refractivity contribution is 9.10. The van der Waals surface area contributed by atoms with Crippen molar-refractivity contribution >= 4 is 46.3 Å². The van der Waals surface area contributed by atoms with Gasteiger partial charge in [0.05, 0.1) is 18.4 Å². The van der Waals surface area contributed by atoms with E-state index in [0.29, 0.717) is 42.6 Å². The Bertz CT molecular complexity index is 1590. The zero-order valence-corrected chi connectivity index (χ0v) is 24.8. The van der Waals surface area contributed by atoms with Gasteiger partial charge in [-0.05, 0) is 84.6 Å². The summed E-state index contributed by atoms with van der Waals surface area (Å²) >= 11 is 3.48. The van der Waals surface area contributed by atoms with E-state index >= 15 is 0 Å². The highest BCUT2D eigenvalue weighted by Gasteiger charge is 2.53. The molecule has 42 heavy (non-hydrogen) atoms. The van der Waals surface area contributed by atoms with Gasteiger partial charge >= 0.3 is 7.12 Å². The number of halogens is 1. The average molecular weight is 628 g/mol. The minimum atomic E-state index is -1.07. The SMILES string of the molecule is COCC1=C2[C@@H](CC/C(=C/c3cc(Br)ccc3O)c3ccccn3)OB(O)C[C@@H]2[C@@H]2C(=O)c3ccccc3C(=O)[C@@H]2C1. The zero-order valence-electron chi connectivity index (χ0n) is 23.2. The Labute approximate surface area is 253 Å². The molecule has 1 aliphatic heterocycles. The molecule has 0 bridgehead atoms. The van der Waals surface area contributed by atoms with Crippen LogP contribution in [0.15, 0.2) is 82.5 Å². The molecule has 4 atom stereocenters. The number of aromatic hydroxyl groups is 1. The number of aromatic nitrogens is 1. The number of hydrogen-bond donors (Lipinski definition) is 2. The number of carbonyl (C=O) groups is 2. The third kappa shape index (κ3) is 5.42. The van der Waals surface area contributed by atoms with E-state index in [0.717, 1.165) is 26.9 Å². The number of phenolic OH excluding ortho intramolecular Hbond substituents is 1. The fourth-order valence-corrected chi connectivity index (χ4v) is 7.30. The minimum Gasteiger partial charge on any atom is -0.507 e. The smallest absolute Gasteiger partial charge is 0.455 e. The number of ether oxygens (including phenoxy) is 1. The molecule has 2 N–H and O–H groups in total. The Kier molecular flexibility index (Phi) is 8.27. The third-order valence-corrected chi connectivity index (χ3v) is 9.16. The number of carbonyl (C=O) groups excluding carboxylic acids is 2. The predicted molar refractivity (Wildman–Crippen MR) is 164 cm³/mol. The number of pyridine rings is 1. The van der Waals surface area contributed by atoms with E-state index in [4.69, 9.17) is 9.39 Å². The zero-order chi connectivity index (χ0) is 29.4. The number of rotatable bonds is 7. The summed E-state index contributed by atoms with van der Waals surface area (Å²) in [5.41, 5.74) is 5.19. The molecule has 0 amide bonds. The van der Waals surface area contributed by atoms with E-state index in [9.17, 15) is 19.7 Å². The van der Waals surface area contributed by atoms with Gasteiger partial charge < -0.3 is 19.5 Å². The lowest BCUT2D eigenvalue weighted by Crippen LogP contribution is -2.51. The van der Waals surface area contributed by atoms with Gasteiger partial charge in [0.2, 0.25) is 0 Å². The number of benzene rings is 2. The molecule has 3 aromatic rings. The quantitative estimate of drug-likeness (QED) is 0.244. The van der Waals surface area contributed by atoms with E-state index in [1.165, 1.54) is 0 Å². The van der Waals surface area contributed by atoms with Gasteiger partial charge in [-0.15, -0.1) is 0 Å². The van der Waals surface area contributed by atoms with Crippen molar-refractivity contribution in [2.24, 2.45) is 17.8 Å². The Morgan fingerprint density at radius 3 is 2.60 bits per heavy atom. The summed E-state index contributed by atoms with van der Waals surface area (Å²) in [5.74, 6) is -1.27. The number of ketones is 2. The van der Waals surface area contributed by atoms with Crippen molar-refractivity contribution in [3.05, 3.63) is 105 Å². The Morgan fingerprint density at radius 1 is 1.10 bits per heavy atom. The van der Waals surface area contributed by atoms with Crippen molar-refractivity contribution in [2.45, 2.75) is 31.7 Å². The second-order valence-corrected chi connectivity index (χ2v) is 12.1. The van der Waals surface area contributed by atoms with Crippen molar-refractivity contribution in [3.8, 4) is 5.75 Å². The maximum Gasteiger partial charge on any atom is 0.455 e. The molecule has 0 radical (unpaired) electrons. The second kappa shape index (κ2) is 12.1. The van der Waals surface area contributed by atoms with Gasteiger partial charge in [-0.2, -0.15) is 0 Å². The number of nitrogens with zero attached hydrogens (tertiary/aromatic N) is 1. The molecule has 2 aromatic carbocycles. The number of hydrogen-bond acceptors (Lipinski definition) is 7. The van der Waals surface area contributed by atoms with E-state index in [-0.39, 0.29) is 29.6 Å². The summed E-state index contributed by atoms with van der Waals surface area (Å²) < 4.78 is 12.6. The molecule has 0 spiro atoms. The highest BCUT2D eigenvalue weighted by atomic mass is 79.9. The first-order valence-electron chi connectivity index (χ1n) is 14.2. The molecule has 9 heteroatoms. The van der Waals surface area contributed by atoms with Crippen LogP contribution in [0.1, 0.15) is 51.2 Å². The molecule has 0 saturated carbocycles. The molecule has 214 valence electrons. The molecule has 2 aliphatic carbocycles. The third-order valence-electron chi connectivity index (χ3n) is 8.67. The summed E-state index contributed by atoms with van der Waals surface area (Å²) in [6.07, 6.45) is 4.87. The van der Waals surface area contributed by atoms with Crippen LogP contribution in [0.25, 0.3) is 11.6 Å². The Morgan fingerprint density at radius 2 is 1.86 bits per heavy atom. The standard InChI is InChI=1S/C33H31BBrNO6/c1-41-18-21-16-25-31(33(39)24-7-3-2-6-23(24)32(25)38)26-17-34(40)42-29(30(21)26)12-9-19(27-8-4-5-13-36-27)14-20-15-22(35)10-11-28(20)37/h2-8,10-11,13-15,25-26,29,31,37,40H,9,12,16-18H2,1H3/b19-14-/t25-,26+,29-,31-/m1/s1. The molecule has 1 fully saturated rings. The van der Waals surface area contributed by atoms with Crippen LogP contribution >= 0.6 is 15.9 Å². The molecule has 2 heterocycles. The lowest BCUT2D eigenvalue weighted by molar-refractivity contribution is 0.0585. The largest absolute Gasteiger partial charge is 0.507 e. The first-order chi connectivity index (χ1) is 20.4. The molecule has 1 saturated heterocycles. The van der Waals surface area contributed by atoms with Crippen LogP contribution in [-0.2, 0) is 9.39 Å². The summed E-state index contributed by atoms with van der Waals surface area (Å²) in [7, 11) is 0.556. The van der Waals surface area contributed by atoms with Gasteiger partial charge in [0.1, 0.15) is 5.75 Å². The Balaban J connectivity index is 1.37. The first-order valence-corrected chi connectivity index (χ1v) is 15.0. The fourth-order valence-electron chi connectivity index (χ4n) is 6.92. The molecule has 3 aliphatic rings. The first kappa shape index (κ1) is 28.7. The topological polar surface area (TPSA) is 106 Å². The number of fused-ring (bicyclic) bond motifs is 4. The van der Waals surface area contributed by atoms with Crippen LogP contribution in [0.5, 0.6) is 5.75 Å². The summed E-state index contributed by atoms with van der Waals surface area (Å²) in [5, 5.41) is 21.5. The fraction of sp³-hybridized carbons (Fsp3) is 0.303. The van der Waals surface area contributed by atoms with E-state index in [1.807, 2.05) is 30.3 Å². The molecule has 6 rings (SSSR count). The maximum absolute atomic E-state index is 13.9. The highest BCUT2D eigenvalue weighted by Crippen LogP contribution is 2.51. The summed E-state index contributed by atoms with van der Waals surface area (Å²) in [6, 6.07) is 18.0. The predicted octanol–water partition coefficient (Wildman–Crippen LogP) is 6.02. The van der Waals surface area contributed by atoms with Crippen LogP contribution in [-0.4, -0.2) is 53.6 Å². The van der Waals surface area contributed by atoms with Crippen molar-refractivity contribution in [1.82, 2.24) is 4.98 Å². The molecular weight excluding hydrogens is 597 g/mol. The molecular formula is C33H31BBrNO6. The average Bonchev–Trinajstić information content (AvgIpc) is 2.99. The Hall–Kier alpha value is -3.37. The van der Waals surface area contributed by atoms with Crippen LogP contribution < -0.4 is 0 Å². The van der Waals surface area contributed by atoms with E-state index in [2.05, 4.69) is 20.9 Å². The van der Waals surface area contributed by atoms with Crippen LogP contribution in [0.3, 0.4) is 0 Å². The molecule has 1 aromatic heterocycles. The number of Topliss-reactive ketones (excluding diaryl/α,β-unsaturated/α-hetero) is 2. The van der Waals surface area contributed by atoms with Gasteiger partial charge in [0.25, 0.3) is 0 Å². The van der Waals surface area contributed by atoms with Crippen LogP contribution in [0, 0.1) is 17.8 Å². The number of methoxy groups -OCH3 is 1. The van der Waals surface area contributed by atoms with E-state index < -0.39 is 25.1 Å². The van der Waals surface area contributed by atoms with Gasteiger partial charge in [0.15, 0.2) is 11.6 Å².